The molecule has 0 aliphatic heterocycles. The van der Waals surface area contributed by atoms with E-state index in [0.717, 1.165) is 0 Å². The van der Waals surface area contributed by atoms with Crippen molar-refractivity contribution in [1.82, 2.24) is 0 Å². The van der Waals surface area contributed by atoms with Gasteiger partial charge in [-0.25, -0.2) is 0 Å². The smallest absolute Gasteiger partial charge is 0.00262 e. The zero-order valence-electron chi connectivity index (χ0n) is 30.8. The van der Waals surface area contributed by atoms with Gasteiger partial charge in [-0.05, 0) is 122 Å². The number of benzene rings is 11. The van der Waals surface area contributed by atoms with Crippen molar-refractivity contribution in [2.45, 2.75) is 0 Å². The van der Waals surface area contributed by atoms with Crippen molar-refractivity contribution in [3.05, 3.63) is 218 Å². The lowest BCUT2D eigenvalue weighted by atomic mass is 9.84. The molecule has 11 aromatic rings. The largest absolute Gasteiger partial charge is 0.0622 e. The Morgan fingerprint density at radius 1 is 0.161 bits per heavy atom. The maximum Gasteiger partial charge on any atom is -0.00262 e. The summed E-state index contributed by atoms with van der Waals surface area (Å²) in [6, 6.07) is 80.3. The minimum atomic E-state index is 1.21. The van der Waals surface area contributed by atoms with Gasteiger partial charge in [-0.1, -0.05) is 206 Å². The standard InChI is InChI=1S/C56H36/c1-2-15-37(16-3-1)42-19-14-20-43(35-42)55-49-25-10-6-21-45(49)53(46-22-7-11-26-50(46)55)39-30-32-40(33-31-39)54-47-23-8-12-27-51(47)56(52-28-13-9-24-48(52)54)44-34-29-38-17-4-5-18-41(38)36-44/h1-36H. The summed E-state index contributed by atoms with van der Waals surface area (Å²) in [6.07, 6.45) is 0. The molecule has 0 aliphatic rings. The lowest BCUT2D eigenvalue weighted by Gasteiger charge is -2.19. The summed E-state index contributed by atoms with van der Waals surface area (Å²) < 4.78 is 0. The van der Waals surface area contributed by atoms with E-state index < -0.39 is 0 Å². The minimum absolute atomic E-state index is 1.21. The van der Waals surface area contributed by atoms with E-state index in [1.165, 1.54) is 109 Å². The van der Waals surface area contributed by atoms with Gasteiger partial charge in [-0.3, -0.25) is 0 Å². The number of hydrogen-bond acceptors (Lipinski definition) is 0. The topological polar surface area (TPSA) is 0 Å². The van der Waals surface area contributed by atoms with Gasteiger partial charge < -0.3 is 0 Å². The Kier molecular flexibility index (Phi) is 7.60. The van der Waals surface area contributed by atoms with Crippen molar-refractivity contribution in [3.63, 3.8) is 0 Å². The molecule has 0 nitrogen and oxygen atoms in total. The van der Waals surface area contributed by atoms with E-state index >= 15 is 0 Å². The fraction of sp³-hybridized carbons (Fsp3) is 0. The van der Waals surface area contributed by atoms with Gasteiger partial charge in [0.05, 0.1) is 0 Å². The van der Waals surface area contributed by atoms with Gasteiger partial charge in [0.25, 0.3) is 0 Å². The van der Waals surface area contributed by atoms with E-state index in [1.54, 1.807) is 0 Å². The van der Waals surface area contributed by atoms with Gasteiger partial charge in [-0.2, -0.15) is 0 Å². The summed E-state index contributed by atoms with van der Waals surface area (Å²) >= 11 is 0. The number of rotatable bonds is 5. The second-order valence-corrected chi connectivity index (χ2v) is 14.8. The summed E-state index contributed by atoms with van der Waals surface area (Å²) in [5, 5.41) is 12.6. The van der Waals surface area contributed by atoms with Crippen LogP contribution in [0.1, 0.15) is 0 Å². The van der Waals surface area contributed by atoms with Gasteiger partial charge in [0.15, 0.2) is 0 Å². The Hall–Kier alpha value is -7.28. The predicted molar refractivity (Wildman–Crippen MR) is 241 cm³/mol. The van der Waals surface area contributed by atoms with Gasteiger partial charge in [0.2, 0.25) is 0 Å². The van der Waals surface area contributed by atoms with E-state index in [4.69, 9.17) is 0 Å². The van der Waals surface area contributed by atoms with E-state index in [1.807, 2.05) is 0 Å². The maximum atomic E-state index is 2.35. The van der Waals surface area contributed by atoms with Crippen LogP contribution in [0, 0.1) is 0 Å². The third-order valence-electron chi connectivity index (χ3n) is 11.6. The highest BCUT2D eigenvalue weighted by Crippen LogP contribution is 2.47. The fourth-order valence-electron chi connectivity index (χ4n) is 9.13. The van der Waals surface area contributed by atoms with Crippen molar-refractivity contribution in [2.75, 3.05) is 0 Å². The Balaban J connectivity index is 1.09. The van der Waals surface area contributed by atoms with Gasteiger partial charge >= 0.3 is 0 Å². The fourth-order valence-corrected chi connectivity index (χ4v) is 9.13. The third kappa shape index (κ3) is 5.22. The Morgan fingerprint density at radius 3 is 0.946 bits per heavy atom. The highest BCUT2D eigenvalue weighted by molar-refractivity contribution is 6.23. The van der Waals surface area contributed by atoms with Crippen LogP contribution in [0.5, 0.6) is 0 Å². The monoisotopic (exact) mass is 708 g/mol. The summed E-state index contributed by atoms with van der Waals surface area (Å²) in [5.74, 6) is 0. The summed E-state index contributed by atoms with van der Waals surface area (Å²) in [4.78, 5) is 0. The Bertz CT molecular complexity index is 3160. The van der Waals surface area contributed by atoms with Gasteiger partial charge in [-0.15, -0.1) is 0 Å². The van der Waals surface area contributed by atoms with E-state index in [0.29, 0.717) is 0 Å². The van der Waals surface area contributed by atoms with E-state index in [9.17, 15) is 0 Å². The first kappa shape index (κ1) is 32.2. The minimum Gasteiger partial charge on any atom is -0.0622 e. The van der Waals surface area contributed by atoms with Crippen LogP contribution in [0.25, 0.3) is 109 Å². The number of hydrogen-bond donors (Lipinski definition) is 0. The molecule has 56 heavy (non-hydrogen) atoms. The molecule has 11 rings (SSSR count). The van der Waals surface area contributed by atoms with Crippen molar-refractivity contribution >= 4 is 53.9 Å². The van der Waals surface area contributed by atoms with E-state index in [2.05, 4.69) is 218 Å². The normalized spacial score (nSPS) is 11.6. The van der Waals surface area contributed by atoms with Crippen LogP contribution in [-0.4, -0.2) is 0 Å². The molecule has 0 unspecified atom stereocenters. The highest BCUT2D eigenvalue weighted by atomic mass is 14.2. The third-order valence-corrected chi connectivity index (χ3v) is 11.6. The van der Waals surface area contributed by atoms with Crippen LogP contribution >= 0.6 is 0 Å². The SMILES string of the molecule is c1ccc(-c2cccc(-c3c4ccccc4c(-c4ccc(-c5c6ccccc6c(-c6ccc7ccccc7c6)c6ccccc56)cc4)c4ccccc34)c2)cc1. The molecule has 0 radical (unpaired) electrons. The van der Waals surface area contributed by atoms with Crippen LogP contribution in [0.3, 0.4) is 0 Å². The molecule has 0 aliphatic carbocycles. The highest BCUT2D eigenvalue weighted by Gasteiger charge is 2.19. The second kappa shape index (κ2) is 13.2. The zero-order chi connectivity index (χ0) is 37.0. The molecule has 11 aromatic carbocycles. The Labute approximate surface area is 326 Å². The van der Waals surface area contributed by atoms with Crippen molar-refractivity contribution in [3.8, 4) is 55.6 Å². The molecule has 0 saturated heterocycles. The Morgan fingerprint density at radius 2 is 0.482 bits per heavy atom. The maximum absolute atomic E-state index is 2.35. The zero-order valence-corrected chi connectivity index (χ0v) is 30.8. The average molecular weight is 709 g/mol. The van der Waals surface area contributed by atoms with Crippen LogP contribution in [0.4, 0.5) is 0 Å². The van der Waals surface area contributed by atoms with Crippen LogP contribution in [-0.2, 0) is 0 Å². The van der Waals surface area contributed by atoms with Crippen molar-refractivity contribution in [1.29, 1.82) is 0 Å². The summed E-state index contributed by atoms with van der Waals surface area (Å²) in [7, 11) is 0. The molecular formula is C56H36. The first-order valence-electron chi connectivity index (χ1n) is 19.4. The molecule has 0 bridgehead atoms. The summed E-state index contributed by atoms with van der Waals surface area (Å²) in [6.45, 7) is 0. The summed E-state index contributed by atoms with van der Waals surface area (Å²) in [5.41, 5.74) is 12.5. The molecule has 0 atom stereocenters. The van der Waals surface area contributed by atoms with Crippen molar-refractivity contribution in [2.24, 2.45) is 0 Å². The molecule has 0 heterocycles. The molecular weight excluding hydrogens is 673 g/mol. The molecule has 0 fully saturated rings. The first-order valence-corrected chi connectivity index (χ1v) is 19.4. The molecule has 0 saturated carbocycles. The van der Waals surface area contributed by atoms with Crippen LogP contribution < -0.4 is 0 Å². The molecule has 0 N–H and O–H groups in total. The quantitative estimate of drug-likeness (QED) is 0.156. The van der Waals surface area contributed by atoms with Crippen molar-refractivity contribution < 1.29 is 0 Å². The van der Waals surface area contributed by atoms with E-state index in [-0.39, 0.29) is 0 Å². The molecule has 260 valence electrons. The lowest BCUT2D eigenvalue weighted by Crippen LogP contribution is -1.92. The molecule has 0 spiro atoms. The second-order valence-electron chi connectivity index (χ2n) is 14.8. The first-order chi connectivity index (χ1) is 27.8. The molecule has 0 amide bonds. The average Bonchev–Trinajstić information content (AvgIpc) is 3.27. The van der Waals surface area contributed by atoms with Gasteiger partial charge in [0, 0.05) is 0 Å². The number of fused-ring (bicyclic) bond motifs is 5. The van der Waals surface area contributed by atoms with Gasteiger partial charge in [0.1, 0.15) is 0 Å². The molecule has 0 aromatic heterocycles. The molecule has 0 heteroatoms. The van der Waals surface area contributed by atoms with Crippen LogP contribution in [0.15, 0.2) is 218 Å². The predicted octanol–water partition coefficient (Wildman–Crippen LogP) is 15.8. The lowest BCUT2D eigenvalue weighted by molar-refractivity contribution is 1.61. The van der Waals surface area contributed by atoms with Crippen LogP contribution in [0.2, 0.25) is 0 Å².